The van der Waals surface area contributed by atoms with Crippen molar-refractivity contribution in [1.82, 2.24) is 9.78 Å². The monoisotopic (exact) mass is 199 g/mol. The van der Waals surface area contributed by atoms with Crippen molar-refractivity contribution in [2.75, 3.05) is 17.2 Å². The first-order valence-corrected chi connectivity index (χ1v) is 5.76. The number of nitrogen functional groups attached to an aromatic ring is 1. The summed E-state index contributed by atoms with van der Waals surface area (Å²) in [5.41, 5.74) is 7.56. The molecular weight excluding hydrogens is 182 g/mol. The van der Waals surface area contributed by atoms with Gasteiger partial charge in [-0.2, -0.15) is 16.9 Å². The second-order valence-corrected chi connectivity index (χ2v) is 4.35. The number of aryl methyl sites for hydroxylation is 1. The smallest absolute Gasteiger partial charge is 0.0730 e. The normalized spacial score (nSPS) is 10.6. The Balaban J connectivity index is 2.32. The van der Waals surface area contributed by atoms with Gasteiger partial charge in [0.1, 0.15) is 0 Å². The Morgan fingerprint density at radius 3 is 2.92 bits per heavy atom. The van der Waals surface area contributed by atoms with Crippen LogP contribution < -0.4 is 5.73 Å². The molecule has 1 aromatic heterocycles. The lowest BCUT2D eigenvalue weighted by atomic mass is 10.4. The summed E-state index contributed by atoms with van der Waals surface area (Å²) in [6.45, 7) is 5.17. The molecule has 74 valence electrons. The van der Waals surface area contributed by atoms with Crippen LogP contribution in [0.2, 0.25) is 0 Å². The quantitative estimate of drug-likeness (QED) is 0.737. The van der Waals surface area contributed by atoms with E-state index in [2.05, 4.69) is 12.0 Å². The number of aromatic nitrogens is 2. The van der Waals surface area contributed by atoms with Crippen molar-refractivity contribution in [3.63, 3.8) is 0 Å². The zero-order valence-electron chi connectivity index (χ0n) is 8.29. The van der Waals surface area contributed by atoms with Gasteiger partial charge in [-0.3, -0.25) is 4.68 Å². The molecule has 0 amide bonds. The van der Waals surface area contributed by atoms with Crippen LogP contribution in [0.1, 0.15) is 19.0 Å². The van der Waals surface area contributed by atoms with Gasteiger partial charge in [-0.25, -0.2) is 0 Å². The number of hydrogen-bond acceptors (Lipinski definition) is 3. The molecule has 0 atom stereocenters. The summed E-state index contributed by atoms with van der Waals surface area (Å²) in [7, 11) is 0. The number of anilines is 1. The van der Waals surface area contributed by atoms with Crippen LogP contribution in [0.15, 0.2) is 6.20 Å². The molecule has 0 aromatic carbocycles. The molecule has 1 heterocycles. The Labute approximate surface area is 83.7 Å². The van der Waals surface area contributed by atoms with Crippen LogP contribution in [-0.2, 0) is 6.54 Å². The number of nitrogens with two attached hydrogens (primary N) is 1. The molecule has 0 fully saturated rings. The molecular formula is C9H17N3S. The van der Waals surface area contributed by atoms with E-state index >= 15 is 0 Å². The van der Waals surface area contributed by atoms with Crippen LogP contribution in [0.4, 0.5) is 5.69 Å². The van der Waals surface area contributed by atoms with Crippen molar-refractivity contribution in [3.05, 3.63) is 11.9 Å². The Morgan fingerprint density at radius 2 is 2.38 bits per heavy atom. The third-order valence-electron chi connectivity index (χ3n) is 2.00. The van der Waals surface area contributed by atoms with Gasteiger partial charge in [0.15, 0.2) is 0 Å². The van der Waals surface area contributed by atoms with Gasteiger partial charge in [-0.15, -0.1) is 0 Å². The fourth-order valence-electron chi connectivity index (χ4n) is 1.15. The van der Waals surface area contributed by atoms with E-state index in [0.717, 1.165) is 17.9 Å². The van der Waals surface area contributed by atoms with Crippen LogP contribution in [0.3, 0.4) is 0 Å². The lowest BCUT2D eigenvalue weighted by Gasteiger charge is -2.03. The molecule has 2 N–H and O–H groups in total. The first kappa shape index (κ1) is 10.4. The summed E-state index contributed by atoms with van der Waals surface area (Å²) in [4.78, 5) is 0. The summed E-state index contributed by atoms with van der Waals surface area (Å²) >= 11 is 1.97. The molecule has 4 heteroatoms. The van der Waals surface area contributed by atoms with Crippen LogP contribution in [0.5, 0.6) is 0 Å². The average Bonchev–Trinajstić information content (AvgIpc) is 2.43. The van der Waals surface area contributed by atoms with E-state index in [1.165, 1.54) is 17.9 Å². The Hall–Kier alpha value is -0.640. The third-order valence-corrected chi connectivity index (χ3v) is 2.99. The van der Waals surface area contributed by atoms with Gasteiger partial charge in [0.05, 0.1) is 17.6 Å². The molecule has 0 saturated heterocycles. The second-order valence-electron chi connectivity index (χ2n) is 2.96. The van der Waals surface area contributed by atoms with Gasteiger partial charge in [-0.05, 0) is 24.9 Å². The molecule has 0 saturated carbocycles. The molecule has 0 radical (unpaired) electrons. The third kappa shape index (κ3) is 2.95. The first-order valence-electron chi connectivity index (χ1n) is 4.61. The van der Waals surface area contributed by atoms with E-state index in [4.69, 9.17) is 5.73 Å². The van der Waals surface area contributed by atoms with E-state index in [9.17, 15) is 0 Å². The van der Waals surface area contributed by atoms with Crippen LogP contribution in [-0.4, -0.2) is 21.3 Å². The molecule has 0 spiro atoms. The van der Waals surface area contributed by atoms with Gasteiger partial charge >= 0.3 is 0 Å². The highest BCUT2D eigenvalue weighted by Crippen LogP contribution is 2.10. The van der Waals surface area contributed by atoms with Gasteiger partial charge in [0, 0.05) is 6.54 Å². The maximum atomic E-state index is 5.68. The lowest BCUT2D eigenvalue weighted by molar-refractivity contribution is 0.591. The lowest BCUT2D eigenvalue weighted by Crippen LogP contribution is -2.03. The summed E-state index contributed by atoms with van der Waals surface area (Å²) in [6.07, 6.45) is 2.89. The van der Waals surface area contributed by atoms with E-state index < -0.39 is 0 Å². The van der Waals surface area contributed by atoms with E-state index in [-0.39, 0.29) is 0 Å². The number of nitrogens with zero attached hydrogens (tertiary/aromatic N) is 2. The topological polar surface area (TPSA) is 43.8 Å². The molecule has 3 nitrogen and oxygen atoms in total. The van der Waals surface area contributed by atoms with Gasteiger partial charge in [-0.1, -0.05) is 6.92 Å². The van der Waals surface area contributed by atoms with Gasteiger partial charge < -0.3 is 5.73 Å². The zero-order chi connectivity index (χ0) is 9.68. The maximum Gasteiger partial charge on any atom is 0.0730 e. The Kier molecular flexibility index (Phi) is 4.15. The molecule has 13 heavy (non-hydrogen) atoms. The number of hydrogen-bond donors (Lipinski definition) is 1. The fraction of sp³-hybridized carbons (Fsp3) is 0.667. The van der Waals surface area contributed by atoms with Crippen molar-refractivity contribution in [1.29, 1.82) is 0 Å². The van der Waals surface area contributed by atoms with Crippen LogP contribution in [0, 0.1) is 6.92 Å². The Bertz CT molecular complexity index is 257. The molecule has 0 aliphatic carbocycles. The van der Waals surface area contributed by atoms with Crippen molar-refractivity contribution in [3.8, 4) is 0 Å². The first-order chi connectivity index (χ1) is 6.25. The minimum absolute atomic E-state index is 0.795. The minimum atomic E-state index is 0.795. The predicted octanol–water partition coefficient (Wildman–Crippen LogP) is 1.92. The van der Waals surface area contributed by atoms with Crippen molar-refractivity contribution < 1.29 is 0 Å². The van der Waals surface area contributed by atoms with Crippen LogP contribution in [0.25, 0.3) is 0 Å². The molecule has 1 rings (SSSR count). The molecule has 0 unspecified atom stereocenters. The Morgan fingerprint density at radius 1 is 1.62 bits per heavy atom. The number of thioether (sulfide) groups is 1. The van der Waals surface area contributed by atoms with Gasteiger partial charge in [0.25, 0.3) is 0 Å². The summed E-state index contributed by atoms with van der Waals surface area (Å²) in [6, 6.07) is 0. The van der Waals surface area contributed by atoms with E-state index in [1.807, 2.05) is 23.4 Å². The molecule has 0 aliphatic rings. The van der Waals surface area contributed by atoms with E-state index in [0.29, 0.717) is 0 Å². The standard InChI is InChI=1S/C9H17N3S/c1-3-13-6-4-5-12-8(2)9(10)7-11-12/h7H,3-6,10H2,1-2H3. The molecule has 0 bridgehead atoms. The van der Waals surface area contributed by atoms with Crippen molar-refractivity contribution in [2.24, 2.45) is 0 Å². The summed E-state index contributed by atoms with van der Waals surface area (Å²) < 4.78 is 1.98. The summed E-state index contributed by atoms with van der Waals surface area (Å²) in [5, 5.41) is 4.20. The van der Waals surface area contributed by atoms with Crippen molar-refractivity contribution >= 4 is 17.4 Å². The molecule has 1 aromatic rings. The zero-order valence-corrected chi connectivity index (χ0v) is 9.10. The highest BCUT2D eigenvalue weighted by atomic mass is 32.2. The fourth-order valence-corrected chi connectivity index (χ4v) is 1.77. The highest BCUT2D eigenvalue weighted by molar-refractivity contribution is 7.99. The largest absolute Gasteiger partial charge is 0.396 e. The molecule has 0 aliphatic heterocycles. The van der Waals surface area contributed by atoms with Gasteiger partial charge in [0.2, 0.25) is 0 Å². The maximum absolute atomic E-state index is 5.68. The second kappa shape index (κ2) is 5.17. The minimum Gasteiger partial charge on any atom is -0.396 e. The van der Waals surface area contributed by atoms with Crippen LogP contribution >= 0.6 is 11.8 Å². The average molecular weight is 199 g/mol. The van der Waals surface area contributed by atoms with Crippen molar-refractivity contribution in [2.45, 2.75) is 26.8 Å². The van der Waals surface area contributed by atoms with E-state index in [1.54, 1.807) is 6.20 Å². The SMILES string of the molecule is CCSCCCn1ncc(N)c1C. The summed E-state index contributed by atoms with van der Waals surface area (Å²) in [5.74, 6) is 2.40. The predicted molar refractivity (Wildman–Crippen MR) is 59.0 cm³/mol. The number of rotatable bonds is 5. The highest BCUT2D eigenvalue weighted by Gasteiger charge is 2.01.